The minimum atomic E-state index is -1.01. The molecule has 5 amide bonds. The molecule has 1 fully saturated rings. The first-order valence-corrected chi connectivity index (χ1v) is 16.5. The van der Waals surface area contributed by atoms with Gasteiger partial charge in [-0.3, -0.25) is 24.0 Å². The Kier molecular flexibility index (Phi) is 14.3. The molecular formula is C33H52BrN5O5. The Hall–Kier alpha value is -2.95. The number of carbonyl (C=O) groups excluding carboxylic acids is 5. The zero-order chi connectivity index (χ0) is 33.3. The minimum Gasteiger partial charge on any atom is -0.343 e. The third kappa shape index (κ3) is 11.2. The van der Waals surface area contributed by atoms with Crippen molar-refractivity contribution >= 4 is 45.5 Å². The van der Waals surface area contributed by atoms with Gasteiger partial charge in [0.1, 0.15) is 30.2 Å². The van der Waals surface area contributed by atoms with Crippen molar-refractivity contribution < 1.29 is 24.0 Å². The van der Waals surface area contributed by atoms with E-state index in [1.165, 1.54) is 4.90 Å². The number of hydrogen-bond acceptors (Lipinski definition) is 5. The van der Waals surface area contributed by atoms with Crippen molar-refractivity contribution in [3.8, 4) is 0 Å². The molecule has 1 aliphatic rings. The maximum Gasteiger partial charge on any atom is 0.245 e. The number of halogens is 1. The fourth-order valence-electron chi connectivity index (χ4n) is 5.31. The number of nitrogens with zero attached hydrogens (tertiary/aromatic N) is 1. The van der Waals surface area contributed by atoms with Crippen LogP contribution in [-0.4, -0.2) is 71.7 Å². The fraction of sp³-hybridized carbons (Fsp3) is 0.667. The standard InChI is InChI=1S/C33H52BrN5O5/c1-18(2)14-24-29(40)36-25(15-19(3)4)31(42)38-28(21(7)8)33(44)39(9)27(16-20(5)6)32(43)37-26(30(41)35-24)17-22-10-12-23(34)13-11-22/h10-13,18-21,24-28H,14-17H2,1-9H3,(H,35,41)(H,36,40)(H,37,43)(H,38,42)/t24-,25-,26-,27-,28-/m0/s1. The molecule has 1 aromatic carbocycles. The molecule has 11 heteroatoms. The second kappa shape index (κ2) is 16.9. The first-order chi connectivity index (χ1) is 20.5. The molecular weight excluding hydrogens is 626 g/mol. The van der Waals surface area contributed by atoms with Crippen LogP contribution >= 0.6 is 15.9 Å². The highest BCUT2D eigenvalue weighted by atomic mass is 79.9. The van der Waals surface area contributed by atoms with Gasteiger partial charge < -0.3 is 26.2 Å². The van der Waals surface area contributed by atoms with Crippen LogP contribution in [0.15, 0.2) is 28.7 Å². The maximum absolute atomic E-state index is 13.9. The van der Waals surface area contributed by atoms with Crippen LogP contribution < -0.4 is 21.3 Å². The first kappa shape index (κ1) is 37.2. The molecule has 0 saturated carbocycles. The molecule has 1 aromatic rings. The molecule has 1 saturated heterocycles. The van der Waals surface area contributed by atoms with Gasteiger partial charge in [-0.25, -0.2) is 0 Å². The summed E-state index contributed by atoms with van der Waals surface area (Å²) >= 11 is 3.43. The Morgan fingerprint density at radius 2 is 1.07 bits per heavy atom. The first-order valence-electron chi connectivity index (χ1n) is 15.7. The maximum atomic E-state index is 13.9. The van der Waals surface area contributed by atoms with E-state index in [9.17, 15) is 24.0 Å². The van der Waals surface area contributed by atoms with Gasteiger partial charge in [0.2, 0.25) is 29.5 Å². The van der Waals surface area contributed by atoms with E-state index in [-0.39, 0.29) is 30.1 Å². The van der Waals surface area contributed by atoms with Crippen LogP contribution in [0.2, 0.25) is 0 Å². The summed E-state index contributed by atoms with van der Waals surface area (Å²) in [4.78, 5) is 70.4. The van der Waals surface area contributed by atoms with Gasteiger partial charge in [0.05, 0.1) is 0 Å². The van der Waals surface area contributed by atoms with Crippen molar-refractivity contribution in [3.63, 3.8) is 0 Å². The smallest absolute Gasteiger partial charge is 0.245 e. The molecule has 2 rings (SSSR count). The van der Waals surface area contributed by atoms with Crippen molar-refractivity contribution in [1.29, 1.82) is 0 Å². The van der Waals surface area contributed by atoms with Crippen molar-refractivity contribution in [2.24, 2.45) is 23.7 Å². The zero-order valence-electron chi connectivity index (χ0n) is 27.7. The quantitative estimate of drug-likeness (QED) is 0.317. The van der Waals surface area contributed by atoms with E-state index in [1.54, 1.807) is 7.05 Å². The van der Waals surface area contributed by atoms with E-state index in [0.29, 0.717) is 19.3 Å². The van der Waals surface area contributed by atoms with E-state index < -0.39 is 59.7 Å². The van der Waals surface area contributed by atoms with Gasteiger partial charge in [-0.15, -0.1) is 0 Å². The lowest BCUT2D eigenvalue weighted by atomic mass is 9.97. The normalized spacial score (nSPS) is 24.6. The average molecular weight is 679 g/mol. The summed E-state index contributed by atoms with van der Waals surface area (Å²) in [5.74, 6) is -2.48. The van der Waals surface area contributed by atoms with E-state index >= 15 is 0 Å². The Morgan fingerprint density at radius 1 is 0.636 bits per heavy atom. The molecule has 246 valence electrons. The third-order valence-corrected chi connectivity index (χ3v) is 8.24. The topological polar surface area (TPSA) is 137 Å². The van der Waals surface area contributed by atoms with Gasteiger partial charge in [-0.05, 0) is 60.6 Å². The van der Waals surface area contributed by atoms with E-state index in [0.717, 1.165) is 10.0 Å². The van der Waals surface area contributed by atoms with Gasteiger partial charge in [-0.1, -0.05) is 83.5 Å². The largest absolute Gasteiger partial charge is 0.343 e. The second-order valence-corrected chi connectivity index (χ2v) is 14.5. The van der Waals surface area contributed by atoms with Gasteiger partial charge in [0.25, 0.3) is 0 Å². The summed E-state index contributed by atoms with van der Waals surface area (Å²) in [6, 6.07) is 2.77. The molecule has 1 heterocycles. The predicted octanol–water partition coefficient (Wildman–Crippen LogP) is 3.57. The lowest BCUT2D eigenvalue weighted by Gasteiger charge is -2.34. The van der Waals surface area contributed by atoms with Crippen LogP contribution in [0.1, 0.15) is 80.2 Å². The minimum absolute atomic E-state index is 0.0528. The Labute approximate surface area is 271 Å². The molecule has 0 aromatic heterocycles. The fourth-order valence-corrected chi connectivity index (χ4v) is 5.58. The number of amides is 5. The van der Waals surface area contributed by atoms with Gasteiger partial charge in [-0.2, -0.15) is 0 Å². The molecule has 0 unspecified atom stereocenters. The molecule has 5 atom stereocenters. The highest BCUT2D eigenvalue weighted by molar-refractivity contribution is 9.10. The predicted molar refractivity (Wildman–Crippen MR) is 175 cm³/mol. The number of carbonyl (C=O) groups is 5. The molecule has 0 spiro atoms. The van der Waals surface area contributed by atoms with Gasteiger partial charge >= 0.3 is 0 Å². The van der Waals surface area contributed by atoms with Crippen LogP contribution in [0.25, 0.3) is 0 Å². The SMILES string of the molecule is CC(C)C[C@@H]1NC(=O)[C@H](Cc2ccc(Br)cc2)NC(=O)[C@H](CC(C)C)N(C)C(=O)[C@H](C(C)C)NC(=O)[C@H](CC(C)C)NC1=O. The van der Waals surface area contributed by atoms with Gasteiger partial charge in [0.15, 0.2) is 0 Å². The Balaban J connectivity index is 2.66. The summed E-state index contributed by atoms with van der Waals surface area (Å²) in [5, 5.41) is 11.5. The summed E-state index contributed by atoms with van der Waals surface area (Å²) in [7, 11) is 1.56. The number of rotatable bonds is 9. The zero-order valence-corrected chi connectivity index (χ0v) is 29.3. The van der Waals surface area contributed by atoms with Crippen molar-refractivity contribution in [3.05, 3.63) is 34.3 Å². The highest BCUT2D eigenvalue weighted by Gasteiger charge is 2.38. The highest BCUT2D eigenvalue weighted by Crippen LogP contribution is 2.18. The van der Waals surface area contributed by atoms with E-state index in [1.807, 2.05) is 79.7 Å². The number of likely N-dealkylation sites (N-methyl/N-ethyl adjacent to an activating group) is 1. The molecule has 4 N–H and O–H groups in total. The average Bonchev–Trinajstić information content (AvgIpc) is 2.92. The molecule has 1 aliphatic heterocycles. The van der Waals surface area contributed by atoms with Crippen LogP contribution in [0.5, 0.6) is 0 Å². The molecule has 0 aliphatic carbocycles. The lowest BCUT2D eigenvalue weighted by molar-refractivity contribution is -0.144. The summed E-state index contributed by atoms with van der Waals surface area (Å²) in [6.07, 6.45) is 1.21. The van der Waals surface area contributed by atoms with Crippen molar-refractivity contribution in [2.45, 2.75) is 111 Å². The van der Waals surface area contributed by atoms with Gasteiger partial charge in [0, 0.05) is 17.9 Å². The molecule has 0 radical (unpaired) electrons. The summed E-state index contributed by atoms with van der Waals surface area (Å²) < 4.78 is 0.876. The Bertz CT molecular complexity index is 1150. The Morgan fingerprint density at radius 3 is 1.52 bits per heavy atom. The second-order valence-electron chi connectivity index (χ2n) is 13.6. The molecule has 10 nitrogen and oxygen atoms in total. The monoisotopic (exact) mass is 677 g/mol. The van der Waals surface area contributed by atoms with Crippen LogP contribution in [0, 0.1) is 23.7 Å². The van der Waals surface area contributed by atoms with Crippen molar-refractivity contribution in [2.75, 3.05) is 7.05 Å². The van der Waals surface area contributed by atoms with Crippen LogP contribution in [0.4, 0.5) is 0 Å². The molecule has 44 heavy (non-hydrogen) atoms. The number of hydrogen-bond donors (Lipinski definition) is 4. The summed E-state index contributed by atoms with van der Waals surface area (Å²) in [6.45, 7) is 15.3. The van der Waals surface area contributed by atoms with E-state index in [2.05, 4.69) is 37.2 Å². The lowest BCUT2D eigenvalue weighted by Crippen LogP contribution is -2.59. The summed E-state index contributed by atoms with van der Waals surface area (Å²) in [5.41, 5.74) is 0.813. The van der Waals surface area contributed by atoms with Crippen LogP contribution in [-0.2, 0) is 30.4 Å². The third-order valence-electron chi connectivity index (χ3n) is 7.71. The number of benzene rings is 1. The number of nitrogens with one attached hydrogen (secondary N) is 4. The van der Waals surface area contributed by atoms with Crippen molar-refractivity contribution in [1.82, 2.24) is 26.2 Å². The van der Waals surface area contributed by atoms with Crippen LogP contribution in [0.3, 0.4) is 0 Å². The molecule has 0 bridgehead atoms. The van der Waals surface area contributed by atoms with E-state index in [4.69, 9.17) is 0 Å².